The number of aromatic nitrogens is 2. The lowest BCUT2D eigenvalue weighted by Crippen LogP contribution is -2.52. The van der Waals surface area contributed by atoms with Gasteiger partial charge in [-0.3, -0.25) is 9.48 Å². The third kappa shape index (κ3) is 2.61. The Morgan fingerprint density at radius 3 is 2.62 bits per heavy atom. The minimum atomic E-state index is -0.974. The second kappa shape index (κ2) is 4.65. The third-order valence-corrected chi connectivity index (χ3v) is 2.61. The number of hydrogen-bond acceptors (Lipinski definition) is 3. The second-order valence-corrected chi connectivity index (χ2v) is 4.25. The SMILES string of the molecule is CCNC(C)(Cn1nc(C)cc1C)C(=O)O. The Bertz CT molecular complexity index is 387. The summed E-state index contributed by atoms with van der Waals surface area (Å²) in [5, 5.41) is 16.5. The molecular formula is C11H19N3O2. The first-order valence-corrected chi connectivity index (χ1v) is 5.38. The highest BCUT2D eigenvalue weighted by atomic mass is 16.4. The number of aryl methyl sites for hydroxylation is 2. The van der Waals surface area contributed by atoms with Crippen molar-refractivity contribution in [2.75, 3.05) is 6.54 Å². The monoisotopic (exact) mass is 225 g/mol. The molecule has 0 aliphatic rings. The molecule has 1 aromatic rings. The van der Waals surface area contributed by atoms with Crippen LogP contribution >= 0.6 is 0 Å². The molecule has 16 heavy (non-hydrogen) atoms. The lowest BCUT2D eigenvalue weighted by atomic mass is 10.0. The molecule has 0 amide bonds. The molecule has 0 saturated carbocycles. The van der Waals surface area contributed by atoms with Crippen LogP contribution in [0.4, 0.5) is 0 Å². The average molecular weight is 225 g/mol. The number of nitrogens with zero attached hydrogens (tertiary/aromatic N) is 2. The van der Waals surface area contributed by atoms with Crippen molar-refractivity contribution in [3.05, 3.63) is 17.5 Å². The van der Waals surface area contributed by atoms with Crippen LogP contribution in [0.15, 0.2) is 6.07 Å². The van der Waals surface area contributed by atoms with Crippen LogP contribution in [-0.4, -0.2) is 32.9 Å². The molecule has 0 spiro atoms. The van der Waals surface area contributed by atoms with Crippen LogP contribution in [0, 0.1) is 13.8 Å². The van der Waals surface area contributed by atoms with Crippen molar-refractivity contribution in [1.82, 2.24) is 15.1 Å². The Morgan fingerprint density at radius 1 is 1.62 bits per heavy atom. The van der Waals surface area contributed by atoms with Gasteiger partial charge in [0.15, 0.2) is 0 Å². The van der Waals surface area contributed by atoms with E-state index in [1.54, 1.807) is 11.6 Å². The molecule has 5 nitrogen and oxygen atoms in total. The zero-order valence-electron chi connectivity index (χ0n) is 10.2. The van der Waals surface area contributed by atoms with Crippen molar-refractivity contribution in [3.8, 4) is 0 Å². The van der Waals surface area contributed by atoms with Crippen LogP contribution in [0.2, 0.25) is 0 Å². The Labute approximate surface area is 95.5 Å². The quantitative estimate of drug-likeness (QED) is 0.783. The molecule has 5 heteroatoms. The molecular weight excluding hydrogens is 206 g/mol. The first-order chi connectivity index (χ1) is 7.39. The van der Waals surface area contributed by atoms with E-state index in [1.807, 2.05) is 26.8 Å². The van der Waals surface area contributed by atoms with Crippen molar-refractivity contribution in [2.24, 2.45) is 0 Å². The van der Waals surface area contributed by atoms with Gasteiger partial charge in [0.1, 0.15) is 5.54 Å². The van der Waals surface area contributed by atoms with E-state index >= 15 is 0 Å². The van der Waals surface area contributed by atoms with Gasteiger partial charge in [0.2, 0.25) is 0 Å². The van der Waals surface area contributed by atoms with Gasteiger partial charge in [0.25, 0.3) is 0 Å². The molecule has 0 saturated heterocycles. The Morgan fingerprint density at radius 2 is 2.25 bits per heavy atom. The fraction of sp³-hybridized carbons (Fsp3) is 0.636. The van der Waals surface area contributed by atoms with E-state index in [-0.39, 0.29) is 0 Å². The maximum absolute atomic E-state index is 11.2. The van der Waals surface area contributed by atoms with Crippen molar-refractivity contribution in [3.63, 3.8) is 0 Å². The molecule has 0 fully saturated rings. The van der Waals surface area contributed by atoms with E-state index in [2.05, 4.69) is 10.4 Å². The molecule has 0 aliphatic heterocycles. The molecule has 1 atom stereocenters. The minimum absolute atomic E-state index is 0.329. The summed E-state index contributed by atoms with van der Waals surface area (Å²) in [4.78, 5) is 11.2. The molecule has 0 radical (unpaired) electrons. The average Bonchev–Trinajstić information content (AvgIpc) is 2.45. The minimum Gasteiger partial charge on any atom is -0.480 e. The summed E-state index contributed by atoms with van der Waals surface area (Å²) >= 11 is 0. The number of likely N-dealkylation sites (N-methyl/N-ethyl adjacent to an activating group) is 1. The highest BCUT2D eigenvalue weighted by Crippen LogP contribution is 2.11. The first kappa shape index (κ1) is 12.7. The van der Waals surface area contributed by atoms with Gasteiger partial charge in [-0.15, -0.1) is 0 Å². The van der Waals surface area contributed by atoms with Crippen molar-refractivity contribution in [2.45, 2.75) is 39.8 Å². The van der Waals surface area contributed by atoms with Crippen LogP contribution in [0.1, 0.15) is 25.2 Å². The summed E-state index contributed by atoms with van der Waals surface area (Å²) in [6, 6.07) is 1.94. The van der Waals surface area contributed by atoms with E-state index < -0.39 is 11.5 Å². The number of carboxylic acid groups (broad SMARTS) is 1. The van der Waals surface area contributed by atoms with Crippen LogP contribution in [0.5, 0.6) is 0 Å². The van der Waals surface area contributed by atoms with Gasteiger partial charge in [0, 0.05) is 5.69 Å². The molecule has 2 N–H and O–H groups in total. The molecule has 0 aromatic carbocycles. The molecule has 0 bridgehead atoms. The molecule has 90 valence electrons. The Kier molecular flexibility index (Phi) is 3.70. The van der Waals surface area contributed by atoms with Crippen LogP contribution in [-0.2, 0) is 11.3 Å². The number of rotatable bonds is 5. The molecule has 1 heterocycles. The largest absolute Gasteiger partial charge is 0.480 e. The Hall–Kier alpha value is -1.36. The third-order valence-electron chi connectivity index (χ3n) is 2.61. The van der Waals surface area contributed by atoms with Crippen molar-refractivity contribution in [1.29, 1.82) is 0 Å². The number of aliphatic carboxylic acids is 1. The predicted molar refractivity (Wildman–Crippen MR) is 61.4 cm³/mol. The normalized spacial score (nSPS) is 14.8. The van der Waals surface area contributed by atoms with E-state index in [1.165, 1.54) is 0 Å². The van der Waals surface area contributed by atoms with Crippen molar-refractivity contribution < 1.29 is 9.90 Å². The fourth-order valence-corrected chi connectivity index (χ4v) is 1.72. The summed E-state index contributed by atoms with van der Waals surface area (Å²) < 4.78 is 1.73. The van der Waals surface area contributed by atoms with Gasteiger partial charge in [-0.1, -0.05) is 6.92 Å². The summed E-state index contributed by atoms with van der Waals surface area (Å²) in [5.74, 6) is -0.859. The maximum atomic E-state index is 11.2. The first-order valence-electron chi connectivity index (χ1n) is 5.38. The van der Waals surface area contributed by atoms with Gasteiger partial charge in [-0.25, -0.2) is 0 Å². The highest BCUT2D eigenvalue weighted by molar-refractivity contribution is 5.78. The lowest BCUT2D eigenvalue weighted by Gasteiger charge is -2.26. The van der Waals surface area contributed by atoms with Gasteiger partial charge < -0.3 is 10.4 Å². The van der Waals surface area contributed by atoms with Crippen molar-refractivity contribution >= 4 is 5.97 Å². The number of carboxylic acids is 1. The van der Waals surface area contributed by atoms with Gasteiger partial charge in [-0.05, 0) is 33.4 Å². The second-order valence-electron chi connectivity index (χ2n) is 4.25. The van der Waals surface area contributed by atoms with E-state index in [4.69, 9.17) is 0 Å². The zero-order chi connectivity index (χ0) is 12.3. The molecule has 1 aromatic heterocycles. The molecule has 1 unspecified atom stereocenters. The lowest BCUT2D eigenvalue weighted by molar-refractivity contribution is -0.144. The summed E-state index contributed by atoms with van der Waals surface area (Å²) in [6.45, 7) is 8.33. The fourth-order valence-electron chi connectivity index (χ4n) is 1.72. The highest BCUT2D eigenvalue weighted by Gasteiger charge is 2.33. The summed E-state index contributed by atoms with van der Waals surface area (Å²) in [6.07, 6.45) is 0. The van der Waals surface area contributed by atoms with Gasteiger partial charge in [0.05, 0.1) is 12.2 Å². The summed E-state index contributed by atoms with van der Waals surface area (Å²) in [7, 11) is 0. The van der Waals surface area contributed by atoms with Crippen LogP contribution < -0.4 is 5.32 Å². The van der Waals surface area contributed by atoms with E-state index in [9.17, 15) is 9.90 Å². The number of nitrogens with one attached hydrogen (secondary N) is 1. The molecule has 0 aliphatic carbocycles. The van der Waals surface area contributed by atoms with Gasteiger partial charge >= 0.3 is 5.97 Å². The standard InChI is InChI=1S/C11H19N3O2/c1-5-12-11(4,10(15)16)7-14-9(3)6-8(2)13-14/h6,12H,5,7H2,1-4H3,(H,15,16). The van der Waals surface area contributed by atoms with E-state index in [0.717, 1.165) is 11.4 Å². The van der Waals surface area contributed by atoms with E-state index in [0.29, 0.717) is 13.1 Å². The number of hydrogen-bond donors (Lipinski definition) is 2. The Balaban J connectivity index is 2.92. The summed E-state index contributed by atoms with van der Waals surface area (Å²) in [5.41, 5.74) is 0.905. The smallest absolute Gasteiger partial charge is 0.325 e. The maximum Gasteiger partial charge on any atom is 0.325 e. The predicted octanol–water partition coefficient (Wildman–Crippen LogP) is 0.953. The van der Waals surface area contributed by atoms with Crippen LogP contribution in [0.25, 0.3) is 0 Å². The number of carbonyl (C=O) groups is 1. The molecule has 1 rings (SSSR count). The topological polar surface area (TPSA) is 67.2 Å². The van der Waals surface area contributed by atoms with Crippen LogP contribution in [0.3, 0.4) is 0 Å². The van der Waals surface area contributed by atoms with Gasteiger partial charge in [-0.2, -0.15) is 5.10 Å². The zero-order valence-corrected chi connectivity index (χ0v) is 10.2.